The lowest BCUT2D eigenvalue weighted by Crippen LogP contribution is -2.21. The molecule has 0 saturated carbocycles. The molecule has 1 aliphatic rings. The van der Waals surface area contributed by atoms with Gasteiger partial charge >= 0.3 is 0 Å². The zero-order chi connectivity index (χ0) is 11.8. The Balaban J connectivity index is 1.94. The monoisotopic (exact) mass is 243 g/mol. The molecule has 0 fully saturated rings. The molecular formula is C15H17NS. The van der Waals surface area contributed by atoms with Gasteiger partial charge in [-0.2, -0.15) is 0 Å². The van der Waals surface area contributed by atoms with Crippen molar-refractivity contribution in [2.75, 3.05) is 11.9 Å². The second kappa shape index (κ2) is 4.19. The van der Waals surface area contributed by atoms with Crippen LogP contribution in [0.4, 0.5) is 5.69 Å². The van der Waals surface area contributed by atoms with Crippen LogP contribution in [0.1, 0.15) is 27.5 Å². The van der Waals surface area contributed by atoms with Crippen LogP contribution < -0.4 is 5.32 Å². The van der Waals surface area contributed by atoms with Gasteiger partial charge in [0.25, 0.3) is 0 Å². The Labute approximate surface area is 106 Å². The molecule has 0 bridgehead atoms. The van der Waals surface area contributed by atoms with Gasteiger partial charge in [0, 0.05) is 23.0 Å². The van der Waals surface area contributed by atoms with E-state index in [1.165, 1.54) is 33.7 Å². The first-order valence-corrected chi connectivity index (χ1v) is 7.00. The molecule has 1 aliphatic heterocycles. The third kappa shape index (κ3) is 1.87. The quantitative estimate of drug-likeness (QED) is 0.794. The van der Waals surface area contributed by atoms with Gasteiger partial charge in [0.05, 0.1) is 0 Å². The van der Waals surface area contributed by atoms with Crippen LogP contribution in [0.2, 0.25) is 0 Å². The van der Waals surface area contributed by atoms with Gasteiger partial charge < -0.3 is 5.32 Å². The first-order valence-electron chi connectivity index (χ1n) is 6.12. The molecule has 0 radical (unpaired) electrons. The fourth-order valence-electron chi connectivity index (χ4n) is 2.58. The van der Waals surface area contributed by atoms with E-state index in [-0.39, 0.29) is 0 Å². The third-order valence-electron chi connectivity index (χ3n) is 3.76. The molecule has 1 atom stereocenters. The van der Waals surface area contributed by atoms with Gasteiger partial charge in [-0.1, -0.05) is 18.2 Å². The van der Waals surface area contributed by atoms with Crippen molar-refractivity contribution < 1.29 is 0 Å². The molecule has 1 aromatic heterocycles. The SMILES string of the molecule is Cc1ccc2c(c1C)NCC(c1cccs1)C2. The van der Waals surface area contributed by atoms with Crippen LogP contribution in [-0.4, -0.2) is 6.54 Å². The zero-order valence-corrected chi connectivity index (χ0v) is 11.1. The Morgan fingerprint density at radius 2 is 2.12 bits per heavy atom. The minimum absolute atomic E-state index is 0.643. The summed E-state index contributed by atoms with van der Waals surface area (Å²) >= 11 is 1.87. The average Bonchev–Trinajstić information content (AvgIpc) is 2.87. The molecule has 17 heavy (non-hydrogen) atoms. The standard InChI is InChI=1S/C15H17NS/c1-10-5-6-12-8-13(14-4-3-7-17-14)9-16-15(12)11(10)2/h3-7,13,16H,8-9H2,1-2H3. The lowest BCUT2D eigenvalue weighted by molar-refractivity contribution is 0.706. The number of benzene rings is 1. The molecule has 2 heterocycles. The minimum Gasteiger partial charge on any atom is -0.384 e. The van der Waals surface area contributed by atoms with Gasteiger partial charge in [-0.25, -0.2) is 0 Å². The van der Waals surface area contributed by atoms with Crippen LogP contribution in [0.5, 0.6) is 0 Å². The molecule has 0 spiro atoms. The maximum Gasteiger partial charge on any atom is 0.0405 e. The van der Waals surface area contributed by atoms with Crippen molar-refractivity contribution in [3.05, 3.63) is 51.2 Å². The molecule has 3 rings (SSSR count). The Bertz CT molecular complexity index is 528. The first-order chi connectivity index (χ1) is 8.25. The van der Waals surface area contributed by atoms with Gasteiger partial charge in [-0.05, 0) is 48.4 Å². The summed E-state index contributed by atoms with van der Waals surface area (Å²) < 4.78 is 0. The maximum absolute atomic E-state index is 3.62. The van der Waals surface area contributed by atoms with Crippen LogP contribution in [0.3, 0.4) is 0 Å². The van der Waals surface area contributed by atoms with Gasteiger partial charge in [-0.15, -0.1) is 11.3 Å². The number of rotatable bonds is 1. The molecule has 1 unspecified atom stereocenters. The summed E-state index contributed by atoms with van der Waals surface area (Å²) in [6, 6.07) is 8.93. The predicted molar refractivity (Wildman–Crippen MR) is 75.2 cm³/mol. The Kier molecular flexibility index (Phi) is 2.67. The van der Waals surface area contributed by atoms with Gasteiger partial charge in [0.2, 0.25) is 0 Å². The molecule has 0 saturated heterocycles. The molecular weight excluding hydrogens is 226 g/mol. The highest BCUT2D eigenvalue weighted by atomic mass is 32.1. The van der Waals surface area contributed by atoms with Crippen molar-refractivity contribution in [3.8, 4) is 0 Å². The van der Waals surface area contributed by atoms with Gasteiger partial charge in [-0.3, -0.25) is 0 Å². The van der Waals surface area contributed by atoms with E-state index in [1.807, 2.05) is 11.3 Å². The van der Waals surface area contributed by atoms with Crippen molar-refractivity contribution >= 4 is 17.0 Å². The highest BCUT2D eigenvalue weighted by Gasteiger charge is 2.21. The van der Waals surface area contributed by atoms with E-state index in [0.717, 1.165) is 6.54 Å². The topological polar surface area (TPSA) is 12.0 Å². The summed E-state index contributed by atoms with van der Waals surface area (Å²) in [6.45, 7) is 5.47. The van der Waals surface area contributed by atoms with Crippen LogP contribution in [0.25, 0.3) is 0 Å². The summed E-state index contributed by atoms with van der Waals surface area (Å²) in [6.07, 6.45) is 1.17. The summed E-state index contributed by atoms with van der Waals surface area (Å²) in [5.74, 6) is 0.643. The molecule has 0 aliphatic carbocycles. The molecule has 1 nitrogen and oxygen atoms in total. The molecule has 1 aromatic carbocycles. The lowest BCUT2D eigenvalue weighted by atomic mass is 9.90. The molecule has 1 N–H and O–H groups in total. The van der Waals surface area contributed by atoms with E-state index in [4.69, 9.17) is 0 Å². The molecule has 0 amide bonds. The molecule has 2 aromatic rings. The van der Waals surface area contributed by atoms with Gasteiger partial charge in [0.15, 0.2) is 0 Å². The van der Waals surface area contributed by atoms with Gasteiger partial charge in [0.1, 0.15) is 0 Å². The summed E-state index contributed by atoms with van der Waals surface area (Å²) in [4.78, 5) is 1.50. The number of fused-ring (bicyclic) bond motifs is 1. The third-order valence-corrected chi connectivity index (χ3v) is 4.79. The number of nitrogens with one attached hydrogen (secondary N) is 1. The van der Waals surface area contributed by atoms with Crippen LogP contribution in [0.15, 0.2) is 29.6 Å². The number of anilines is 1. The normalized spacial score (nSPS) is 18.6. The minimum atomic E-state index is 0.643. The van der Waals surface area contributed by atoms with Crippen molar-refractivity contribution in [1.82, 2.24) is 0 Å². The van der Waals surface area contributed by atoms with E-state index in [9.17, 15) is 0 Å². The number of aryl methyl sites for hydroxylation is 1. The van der Waals surface area contributed by atoms with E-state index in [2.05, 4.69) is 48.8 Å². The fourth-order valence-corrected chi connectivity index (χ4v) is 3.41. The second-order valence-corrected chi connectivity index (χ2v) is 5.82. The molecule has 2 heteroatoms. The van der Waals surface area contributed by atoms with Crippen molar-refractivity contribution in [3.63, 3.8) is 0 Å². The second-order valence-electron chi connectivity index (χ2n) is 4.84. The van der Waals surface area contributed by atoms with E-state index < -0.39 is 0 Å². The summed E-state index contributed by atoms with van der Waals surface area (Å²) in [5, 5.41) is 5.79. The number of hydrogen-bond donors (Lipinski definition) is 1. The Hall–Kier alpha value is -1.28. The summed E-state index contributed by atoms with van der Waals surface area (Å²) in [5.41, 5.74) is 5.63. The molecule has 88 valence electrons. The Morgan fingerprint density at radius 3 is 2.88 bits per heavy atom. The number of thiophene rings is 1. The van der Waals surface area contributed by atoms with Crippen LogP contribution >= 0.6 is 11.3 Å². The smallest absolute Gasteiger partial charge is 0.0405 e. The highest BCUT2D eigenvalue weighted by molar-refractivity contribution is 7.10. The van der Waals surface area contributed by atoms with E-state index >= 15 is 0 Å². The van der Waals surface area contributed by atoms with Crippen LogP contribution in [-0.2, 0) is 6.42 Å². The maximum atomic E-state index is 3.62. The lowest BCUT2D eigenvalue weighted by Gasteiger charge is -2.27. The number of hydrogen-bond acceptors (Lipinski definition) is 2. The van der Waals surface area contributed by atoms with Crippen molar-refractivity contribution in [2.45, 2.75) is 26.2 Å². The van der Waals surface area contributed by atoms with Crippen molar-refractivity contribution in [2.24, 2.45) is 0 Å². The largest absolute Gasteiger partial charge is 0.384 e. The van der Waals surface area contributed by atoms with Crippen LogP contribution in [0, 0.1) is 13.8 Å². The average molecular weight is 243 g/mol. The predicted octanol–water partition coefficient (Wildman–Crippen LogP) is 4.12. The first kappa shape index (κ1) is 10.8. The fraction of sp³-hybridized carbons (Fsp3) is 0.333. The zero-order valence-electron chi connectivity index (χ0n) is 10.3. The van der Waals surface area contributed by atoms with E-state index in [0.29, 0.717) is 5.92 Å². The highest BCUT2D eigenvalue weighted by Crippen LogP contribution is 2.35. The van der Waals surface area contributed by atoms with E-state index in [1.54, 1.807) is 0 Å². The summed E-state index contributed by atoms with van der Waals surface area (Å²) in [7, 11) is 0. The Morgan fingerprint density at radius 1 is 1.24 bits per heavy atom. The van der Waals surface area contributed by atoms with Crippen molar-refractivity contribution in [1.29, 1.82) is 0 Å².